The van der Waals surface area contributed by atoms with Crippen LogP contribution in [0.4, 0.5) is 5.69 Å². The van der Waals surface area contributed by atoms with E-state index in [-0.39, 0.29) is 22.3 Å². The number of aryl methyl sites for hydroxylation is 1. The van der Waals surface area contributed by atoms with Crippen LogP contribution in [0.5, 0.6) is 0 Å². The lowest BCUT2D eigenvalue weighted by Crippen LogP contribution is -1.93. The summed E-state index contributed by atoms with van der Waals surface area (Å²) >= 11 is 7.40. The van der Waals surface area contributed by atoms with Crippen molar-refractivity contribution in [2.75, 3.05) is 0 Å². The number of allylic oxidation sites excluding steroid dienone is 1. The van der Waals surface area contributed by atoms with Crippen molar-refractivity contribution < 1.29 is 14.1 Å². The van der Waals surface area contributed by atoms with Gasteiger partial charge in [0.15, 0.2) is 10.7 Å². The van der Waals surface area contributed by atoms with Crippen LogP contribution in [-0.4, -0.2) is 20.1 Å². The molecule has 0 aliphatic heterocycles. The number of imidazole rings is 1. The second-order valence-electron chi connectivity index (χ2n) is 5.94. The molecule has 0 fully saturated rings. The maximum Gasteiger partial charge on any atom is 0.288 e. The molecule has 0 bridgehead atoms. The Hall–Kier alpha value is -3.23. The van der Waals surface area contributed by atoms with Gasteiger partial charge in [-0.15, -0.1) is 11.3 Å². The van der Waals surface area contributed by atoms with Crippen molar-refractivity contribution in [1.82, 2.24) is 9.38 Å². The van der Waals surface area contributed by atoms with Gasteiger partial charge in [-0.2, -0.15) is 0 Å². The van der Waals surface area contributed by atoms with E-state index in [9.17, 15) is 14.9 Å². The topological polar surface area (TPSA) is 90.7 Å². The highest BCUT2D eigenvalue weighted by atomic mass is 35.5. The van der Waals surface area contributed by atoms with E-state index < -0.39 is 4.92 Å². The first-order valence-corrected chi connectivity index (χ1v) is 9.32. The summed E-state index contributed by atoms with van der Waals surface area (Å²) in [6, 6.07) is 7.73. The van der Waals surface area contributed by atoms with Gasteiger partial charge in [-0.25, -0.2) is 4.98 Å². The number of fused-ring (bicyclic) bond motifs is 1. The monoisotopic (exact) mass is 413 g/mol. The van der Waals surface area contributed by atoms with E-state index >= 15 is 0 Å². The molecule has 3 aromatic heterocycles. The van der Waals surface area contributed by atoms with Gasteiger partial charge in [0.2, 0.25) is 5.78 Å². The smallest absolute Gasteiger partial charge is 0.288 e. The van der Waals surface area contributed by atoms with E-state index in [0.29, 0.717) is 17.0 Å². The second kappa shape index (κ2) is 7.06. The van der Waals surface area contributed by atoms with Gasteiger partial charge in [0.25, 0.3) is 5.69 Å². The lowest BCUT2D eigenvalue weighted by Gasteiger charge is -2.02. The van der Waals surface area contributed by atoms with Crippen LogP contribution in [0.25, 0.3) is 22.3 Å². The summed E-state index contributed by atoms with van der Waals surface area (Å²) in [5.41, 5.74) is 1.49. The summed E-state index contributed by atoms with van der Waals surface area (Å²) in [4.78, 5) is 29.3. The molecule has 0 radical (unpaired) electrons. The minimum atomic E-state index is -0.537. The van der Waals surface area contributed by atoms with E-state index in [1.165, 1.54) is 35.8 Å². The van der Waals surface area contributed by atoms with E-state index in [1.807, 2.05) is 17.5 Å². The van der Waals surface area contributed by atoms with Gasteiger partial charge in [-0.3, -0.25) is 19.3 Å². The van der Waals surface area contributed by atoms with Crippen LogP contribution < -0.4 is 0 Å². The third kappa shape index (κ3) is 3.23. The van der Waals surface area contributed by atoms with Crippen LogP contribution in [-0.2, 0) is 0 Å². The fraction of sp³-hybridized carbons (Fsp3) is 0.0526. The molecule has 3 heterocycles. The maximum atomic E-state index is 12.3. The number of nitro benzene ring substituents is 1. The van der Waals surface area contributed by atoms with Crippen molar-refractivity contribution in [2.45, 2.75) is 6.92 Å². The van der Waals surface area contributed by atoms with Crippen molar-refractivity contribution >= 4 is 45.4 Å². The number of nitrogens with zero attached hydrogens (tertiary/aromatic N) is 3. The van der Waals surface area contributed by atoms with Crippen molar-refractivity contribution in [1.29, 1.82) is 0 Å². The molecule has 28 heavy (non-hydrogen) atoms. The van der Waals surface area contributed by atoms with Gasteiger partial charge in [0.05, 0.1) is 22.6 Å². The minimum Gasteiger partial charge on any atom is -0.461 e. The summed E-state index contributed by atoms with van der Waals surface area (Å²) in [5, 5.41) is 11.3. The molecule has 0 unspecified atom stereocenters. The zero-order valence-electron chi connectivity index (χ0n) is 14.5. The van der Waals surface area contributed by atoms with Gasteiger partial charge < -0.3 is 4.42 Å². The summed E-state index contributed by atoms with van der Waals surface area (Å²) < 4.78 is 6.97. The number of hydrogen-bond acceptors (Lipinski definition) is 6. The Labute approximate surface area is 167 Å². The number of thiazole rings is 1. The quantitative estimate of drug-likeness (QED) is 0.188. The fourth-order valence-corrected chi connectivity index (χ4v) is 3.82. The molecule has 0 saturated carbocycles. The van der Waals surface area contributed by atoms with Crippen molar-refractivity contribution in [3.05, 3.63) is 80.3 Å². The van der Waals surface area contributed by atoms with E-state index in [4.69, 9.17) is 16.0 Å². The van der Waals surface area contributed by atoms with E-state index in [1.54, 1.807) is 24.3 Å². The van der Waals surface area contributed by atoms with Crippen LogP contribution in [0, 0.1) is 17.0 Å². The largest absolute Gasteiger partial charge is 0.461 e. The van der Waals surface area contributed by atoms with Crippen molar-refractivity contribution in [2.24, 2.45) is 0 Å². The highest BCUT2D eigenvalue weighted by Gasteiger charge is 2.19. The number of benzene rings is 1. The predicted octanol–water partition coefficient (Wildman–Crippen LogP) is 5.42. The van der Waals surface area contributed by atoms with Crippen molar-refractivity contribution in [3.63, 3.8) is 0 Å². The summed E-state index contributed by atoms with van der Waals surface area (Å²) in [6.45, 7) is 1.95. The van der Waals surface area contributed by atoms with Crippen LogP contribution in [0.1, 0.15) is 21.1 Å². The number of furan rings is 1. The third-order valence-corrected chi connectivity index (χ3v) is 5.27. The molecule has 0 spiro atoms. The molecule has 0 aliphatic rings. The molecule has 9 heteroatoms. The van der Waals surface area contributed by atoms with Crippen molar-refractivity contribution in [3.8, 4) is 11.3 Å². The Balaban J connectivity index is 1.84. The van der Waals surface area contributed by atoms with Gasteiger partial charge in [-0.1, -0.05) is 17.7 Å². The molecular formula is C19H12ClN3O4S. The van der Waals surface area contributed by atoms with Crippen LogP contribution in [0.3, 0.4) is 0 Å². The molecule has 4 rings (SSSR count). The number of nitro groups is 1. The molecule has 0 atom stereocenters. The Morgan fingerprint density at radius 1 is 1.39 bits per heavy atom. The highest BCUT2D eigenvalue weighted by molar-refractivity contribution is 7.17. The first kappa shape index (κ1) is 18.1. The average molecular weight is 414 g/mol. The van der Waals surface area contributed by atoms with Gasteiger partial charge in [-0.05, 0) is 37.3 Å². The molecular weight excluding hydrogens is 402 g/mol. The zero-order chi connectivity index (χ0) is 19.8. The number of aromatic nitrogens is 2. The van der Waals surface area contributed by atoms with Crippen LogP contribution in [0.15, 0.2) is 53.3 Å². The lowest BCUT2D eigenvalue weighted by atomic mass is 10.1. The first-order chi connectivity index (χ1) is 13.4. The number of hydrogen-bond donors (Lipinski definition) is 0. The van der Waals surface area contributed by atoms with Gasteiger partial charge in [0, 0.05) is 22.7 Å². The SMILES string of the molecule is Cc1cn2c(C=CC(=O)c3ccco3)c(-c3ccc(Cl)c([N+](=O)[O-])c3)nc2s1. The van der Waals surface area contributed by atoms with E-state index in [0.717, 1.165) is 9.84 Å². The molecule has 1 aromatic carbocycles. The number of carbonyl (C=O) groups excluding carboxylic acids is 1. The fourth-order valence-electron chi connectivity index (χ4n) is 2.80. The number of ketones is 1. The lowest BCUT2D eigenvalue weighted by molar-refractivity contribution is -0.384. The summed E-state index contributed by atoms with van der Waals surface area (Å²) in [6.07, 6.45) is 6.35. The standard InChI is InChI=1S/C19H12ClN3O4S/c1-11-10-22-14(6-7-16(24)17-3-2-8-27-17)18(21-19(22)28-11)12-4-5-13(20)15(9-12)23(25)26/h2-10H,1H3. The molecule has 0 aliphatic carbocycles. The number of rotatable bonds is 5. The molecule has 0 N–H and O–H groups in total. The molecule has 0 saturated heterocycles. The Morgan fingerprint density at radius 3 is 2.93 bits per heavy atom. The van der Waals surface area contributed by atoms with Crippen LogP contribution >= 0.6 is 22.9 Å². The minimum absolute atomic E-state index is 0.0516. The van der Waals surface area contributed by atoms with Crippen LogP contribution in [0.2, 0.25) is 5.02 Å². The first-order valence-electron chi connectivity index (χ1n) is 8.13. The Morgan fingerprint density at radius 2 is 2.21 bits per heavy atom. The average Bonchev–Trinajstić information content (AvgIpc) is 3.36. The molecule has 4 aromatic rings. The zero-order valence-corrected chi connectivity index (χ0v) is 16.0. The predicted molar refractivity (Wildman–Crippen MR) is 107 cm³/mol. The van der Waals surface area contributed by atoms with Gasteiger partial charge >= 0.3 is 0 Å². The normalized spacial score (nSPS) is 11.5. The molecule has 7 nitrogen and oxygen atoms in total. The Bertz CT molecular complexity index is 1240. The maximum absolute atomic E-state index is 12.3. The summed E-state index contributed by atoms with van der Waals surface area (Å²) in [7, 11) is 0. The summed E-state index contributed by atoms with van der Waals surface area (Å²) in [5.74, 6) is -0.0675. The van der Waals surface area contributed by atoms with Gasteiger partial charge in [0.1, 0.15) is 5.02 Å². The number of carbonyl (C=O) groups is 1. The van der Waals surface area contributed by atoms with E-state index in [2.05, 4.69) is 4.98 Å². The molecule has 140 valence electrons. The molecule has 0 amide bonds. The number of halogens is 1. The third-order valence-electron chi connectivity index (χ3n) is 4.05. The second-order valence-corrected chi connectivity index (χ2v) is 7.56. The highest BCUT2D eigenvalue weighted by Crippen LogP contribution is 2.34. The Kier molecular flexibility index (Phi) is 4.58.